The number of imidazole rings is 1. The van der Waals surface area contributed by atoms with Gasteiger partial charge < -0.3 is 19.8 Å². The monoisotopic (exact) mass is 605 g/mol. The number of fused-ring (bicyclic) bond motifs is 1. The maximum Gasteiger partial charge on any atom is 0.303 e. The molecule has 2 aromatic heterocycles. The number of carbonyl (C=O) groups is 1. The lowest BCUT2D eigenvalue weighted by Crippen LogP contribution is -2.24. The second-order valence-corrected chi connectivity index (χ2v) is 13.0. The number of hydrogen-bond acceptors (Lipinski definition) is 5. The average molecular weight is 606 g/mol. The van der Waals surface area contributed by atoms with Crippen LogP contribution in [0.4, 0.5) is 8.78 Å². The Labute approximate surface area is 246 Å². The highest BCUT2D eigenvalue weighted by Gasteiger charge is 2.39. The van der Waals surface area contributed by atoms with Gasteiger partial charge in [-0.3, -0.25) is 4.79 Å². The van der Waals surface area contributed by atoms with Gasteiger partial charge in [-0.1, -0.05) is 37.1 Å². The molecule has 0 radical (unpaired) electrons. The molecule has 1 aliphatic carbocycles. The predicted molar refractivity (Wildman–Crippen MR) is 157 cm³/mol. The Balaban J connectivity index is 1.36. The van der Waals surface area contributed by atoms with Gasteiger partial charge in [0.05, 0.1) is 5.56 Å². The van der Waals surface area contributed by atoms with Crippen molar-refractivity contribution in [1.82, 2.24) is 15.0 Å². The first-order chi connectivity index (χ1) is 20.5. The third kappa shape index (κ3) is 5.40. The van der Waals surface area contributed by atoms with Crippen LogP contribution >= 0.6 is 0 Å². The van der Waals surface area contributed by atoms with Crippen LogP contribution in [0.2, 0.25) is 0 Å². The van der Waals surface area contributed by atoms with Crippen LogP contribution < -0.4 is 4.74 Å². The standard InChI is InChI=1S/C32H29F2N3O5S/c1-43(40,41)30-22-11-14-35-26(22)17-25(34)29(30)42-21-8-9-24(33)23(16-21)31-36-18-27(37-31)32(12-2-3-13-32)20-6-4-5-19(15-20)7-10-28(38)39/h4-6,8-9,11,14-18,35H,2-3,7,10,12-13H2,1H3,(H,36,37)(H,38,39). The van der Waals surface area contributed by atoms with Crippen molar-refractivity contribution in [3.63, 3.8) is 0 Å². The molecule has 0 aliphatic heterocycles. The zero-order valence-corrected chi connectivity index (χ0v) is 24.1. The molecule has 222 valence electrons. The Kier molecular flexibility index (Phi) is 7.29. The van der Waals surface area contributed by atoms with Crippen LogP contribution in [0.1, 0.15) is 48.9 Å². The summed E-state index contributed by atoms with van der Waals surface area (Å²) in [5.74, 6) is -2.51. The molecule has 11 heteroatoms. The van der Waals surface area contributed by atoms with Crippen molar-refractivity contribution in [2.45, 2.75) is 48.8 Å². The third-order valence-corrected chi connectivity index (χ3v) is 9.30. The molecule has 2 heterocycles. The van der Waals surface area contributed by atoms with E-state index in [0.29, 0.717) is 11.9 Å². The number of halogens is 2. The Morgan fingerprint density at radius 3 is 2.60 bits per heavy atom. The lowest BCUT2D eigenvalue weighted by molar-refractivity contribution is -0.136. The quantitative estimate of drug-likeness (QED) is 0.168. The first-order valence-electron chi connectivity index (χ1n) is 13.9. The number of carboxylic acid groups (broad SMARTS) is 1. The number of H-pyrrole nitrogens is 2. The summed E-state index contributed by atoms with van der Waals surface area (Å²) in [6.07, 6.45) is 8.31. The Morgan fingerprint density at radius 1 is 1.07 bits per heavy atom. The zero-order valence-electron chi connectivity index (χ0n) is 23.3. The fourth-order valence-electron chi connectivity index (χ4n) is 6.12. The van der Waals surface area contributed by atoms with Gasteiger partial charge in [-0.25, -0.2) is 22.2 Å². The topological polar surface area (TPSA) is 125 Å². The molecule has 0 amide bonds. The molecule has 0 saturated heterocycles. The van der Waals surface area contributed by atoms with E-state index in [1.165, 1.54) is 24.4 Å². The van der Waals surface area contributed by atoms with Gasteiger partial charge in [-0.15, -0.1) is 0 Å². The third-order valence-electron chi connectivity index (χ3n) is 8.16. The lowest BCUT2D eigenvalue weighted by Gasteiger charge is -2.29. The fraction of sp³-hybridized carbons (Fsp3) is 0.250. The van der Waals surface area contributed by atoms with E-state index in [9.17, 15) is 13.2 Å². The van der Waals surface area contributed by atoms with Gasteiger partial charge in [-0.05, 0) is 54.7 Å². The number of ether oxygens (including phenoxy) is 1. The molecule has 8 nitrogen and oxygen atoms in total. The Hall–Kier alpha value is -4.51. The molecule has 0 atom stereocenters. The van der Waals surface area contributed by atoms with Crippen LogP contribution in [-0.4, -0.2) is 40.7 Å². The molecule has 0 spiro atoms. The van der Waals surface area contributed by atoms with Gasteiger partial charge in [0.25, 0.3) is 0 Å². The molecular weight excluding hydrogens is 576 g/mol. The van der Waals surface area contributed by atoms with Gasteiger partial charge in [0.2, 0.25) is 0 Å². The fourth-order valence-corrected chi connectivity index (χ4v) is 7.18. The van der Waals surface area contributed by atoms with Gasteiger partial charge in [0.15, 0.2) is 21.4 Å². The second kappa shape index (κ2) is 11.0. The number of aliphatic carboxylic acids is 1. The average Bonchev–Trinajstić information content (AvgIpc) is 3.74. The number of nitrogens with one attached hydrogen (secondary N) is 2. The smallest absolute Gasteiger partial charge is 0.303 e. The lowest BCUT2D eigenvalue weighted by atomic mass is 9.76. The summed E-state index contributed by atoms with van der Waals surface area (Å²) in [4.78, 5) is 21.4. The highest BCUT2D eigenvalue weighted by molar-refractivity contribution is 7.91. The summed E-state index contributed by atoms with van der Waals surface area (Å²) < 4.78 is 61.4. The van der Waals surface area contributed by atoms with Crippen molar-refractivity contribution in [1.29, 1.82) is 0 Å². The first kappa shape index (κ1) is 28.6. The van der Waals surface area contributed by atoms with Crippen LogP contribution in [-0.2, 0) is 26.5 Å². The summed E-state index contributed by atoms with van der Waals surface area (Å²) in [7, 11) is -3.90. The van der Waals surface area contributed by atoms with Crippen LogP contribution in [0.25, 0.3) is 22.3 Å². The minimum absolute atomic E-state index is 0.0368. The van der Waals surface area contributed by atoms with Crippen LogP contribution in [0.3, 0.4) is 0 Å². The summed E-state index contributed by atoms with van der Waals surface area (Å²) >= 11 is 0. The number of carboxylic acids is 1. The molecule has 1 fully saturated rings. The predicted octanol–water partition coefficient (Wildman–Crippen LogP) is 6.91. The molecule has 1 aliphatic rings. The molecule has 3 N–H and O–H groups in total. The van der Waals surface area contributed by atoms with Crippen molar-refractivity contribution >= 4 is 26.7 Å². The van der Waals surface area contributed by atoms with Crippen molar-refractivity contribution in [3.05, 3.63) is 95.4 Å². The number of hydrogen-bond donors (Lipinski definition) is 3. The summed E-state index contributed by atoms with van der Waals surface area (Å²) in [6, 6.07) is 14.4. The van der Waals surface area contributed by atoms with E-state index >= 15 is 8.78 Å². The number of aromatic amines is 2. The highest BCUT2D eigenvalue weighted by Crippen LogP contribution is 2.46. The molecule has 1 saturated carbocycles. The molecular formula is C32H29F2N3O5S. The Morgan fingerprint density at radius 2 is 1.86 bits per heavy atom. The highest BCUT2D eigenvalue weighted by atomic mass is 32.2. The maximum absolute atomic E-state index is 15.2. The van der Waals surface area contributed by atoms with Crippen molar-refractivity contribution in [3.8, 4) is 22.9 Å². The van der Waals surface area contributed by atoms with Crippen LogP contribution in [0.15, 0.2) is 71.9 Å². The first-order valence-corrected chi connectivity index (χ1v) is 15.8. The van der Waals surface area contributed by atoms with Gasteiger partial charge in [-0.2, -0.15) is 0 Å². The number of aromatic nitrogens is 3. The molecule has 43 heavy (non-hydrogen) atoms. The molecule has 3 aromatic carbocycles. The molecule has 6 rings (SSSR count). The van der Waals surface area contributed by atoms with E-state index in [4.69, 9.17) is 9.84 Å². The number of sulfone groups is 1. The normalized spacial score (nSPS) is 14.8. The van der Waals surface area contributed by atoms with Crippen molar-refractivity contribution in [2.75, 3.05) is 6.26 Å². The molecule has 0 bridgehead atoms. The number of rotatable bonds is 9. The van der Waals surface area contributed by atoms with Crippen LogP contribution in [0.5, 0.6) is 11.5 Å². The summed E-state index contributed by atoms with van der Waals surface area (Å²) in [5, 5.41) is 9.40. The molecule has 5 aromatic rings. The number of benzene rings is 3. The van der Waals surface area contributed by atoms with Gasteiger partial charge in [0, 0.05) is 53.1 Å². The largest absolute Gasteiger partial charge is 0.481 e. The SMILES string of the molecule is CS(=O)(=O)c1c(Oc2ccc(F)c(-c3ncc(C4(c5cccc(CCC(=O)O)c5)CCCC4)[nH]3)c2)c(F)cc2[nH]ccc12. The van der Waals surface area contributed by atoms with Gasteiger partial charge >= 0.3 is 5.97 Å². The van der Waals surface area contributed by atoms with E-state index in [1.54, 1.807) is 6.20 Å². The van der Waals surface area contributed by atoms with Crippen molar-refractivity contribution in [2.24, 2.45) is 0 Å². The zero-order chi connectivity index (χ0) is 30.4. The minimum atomic E-state index is -3.90. The van der Waals surface area contributed by atoms with E-state index in [-0.39, 0.29) is 33.8 Å². The summed E-state index contributed by atoms with van der Waals surface area (Å²) in [5.41, 5.74) is 2.78. The van der Waals surface area contributed by atoms with Gasteiger partial charge in [0.1, 0.15) is 22.3 Å². The van der Waals surface area contributed by atoms with E-state index in [1.807, 2.05) is 24.3 Å². The summed E-state index contributed by atoms with van der Waals surface area (Å²) in [6.45, 7) is 0. The maximum atomic E-state index is 15.2. The van der Waals surface area contributed by atoms with Crippen molar-refractivity contribution < 1.29 is 31.8 Å². The number of aryl methyl sites for hydroxylation is 1. The second-order valence-electron chi connectivity index (χ2n) is 11.0. The van der Waals surface area contributed by atoms with E-state index < -0.39 is 38.6 Å². The minimum Gasteiger partial charge on any atom is -0.481 e. The van der Waals surface area contributed by atoms with E-state index in [0.717, 1.165) is 60.9 Å². The van der Waals surface area contributed by atoms with Crippen LogP contribution in [0, 0.1) is 11.6 Å². The van der Waals surface area contributed by atoms with E-state index in [2.05, 4.69) is 15.0 Å². The number of nitrogens with zero attached hydrogens (tertiary/aromatic N) is 1. The Bertz CT molecular complexity index is 1960. The molecule has 0 unspecified atom stereocenters.